The molecule has 1 fully saturated rings. The third-order valence-corrected chi connectivity index (χ3v) is 7.15. The van der Waals surface area contributed by atoms with Crippen LogP contribution in [0.25, 0.3) is 0 Å². The topological polar surface area (TPSA) is 78.5 Å². The van der Waals surface area contributed by atoms with Crippen LogP contribution in [0, 0.1) is 6.92 Å². The molecule has 1 aromatic carbocycles. The minimum Gasteiger partial charge on any atom is -0.361 e. The van der Waals surface area contributed by atoms with Gasteiger partial charge in [0.25, 0.3) is 10.0 Å². The van der Waals surface area contributed by atoms with Crippen molar-refractivity contribution in [1.82, 2.24) is 5.32 Å². The Morgan fingerprint density at radius 1 is 1.23 bits per heavy atom. The standard InChI is InChI=1S/C18H23N3O3S2/c1-3-15(22)17-16(20-26(23,24)14-7-5-4-6-8-14)13(2)18(25-17)21-11-9-19-10-12-21/h4-8,19-20H,3,9-12H2,1-2H3. The van der Waals surface area contributed by atoms with Crippen LogP contribution in [-0.2, 0) is 10.0 Å². The fraction of sp³-hybridized carbons (Fsp3) is 0.389. The number of sulfonamides is 1. The van der Waals surface area contributed by atoms with E-state index >= 15 is 0 Å². The van der Waals surface area contributed by atoms with Gasteiger partial charge in [0, 0.05) is 38.2 Å². The van der Waals surface area contributed by atoms with Gasteiger partial charge in [0.15, 0.2) is 5.78 Å². The summed E-state index contributed by atoms with van der Waals surface area (Å²) in [5.41, 5.74) is 1.23. The van der Waals surface area contributed by atoms with Crippen LogP contribution in [0.5, 0.6) is 0 Å². The van der Waals surface area contributed by atoms with Crippen molar-refractivity contribution in [3.63, 3.8) is 0 Å². The number of nitrogens with one attached hydrogen (secondary N) is 2. The molecule has 1 saturated heterocycles. The summed E-state index contributed by atoms with van der Waals surface area (Å²) in [6.45, 7) is 7.09. The van der Waals surface area contributed by atoms with Gasteiger partial charge in [0.2, 0.25) is 0 Å². The first-order chi connectivity index (χ1) is 12.4. The number of hydrogen-bond acceptors (Lipinski definition) is 6. The highest BCUT2D eigenvalue weighted by molar-refractivity contribution is 7.92. The van der Waals surface area contributed by atoms with Gasteiger partial charge in [-0.1, -0.05) is 25.1 Å². The molecule has 1 aliphatic heterocycles. The minimum atomic E-state index is -3.74. The van der Waals surface area contributed by atoms with Gasteiger partial charge in [-0.3, -0.25) is 9.52 Å². The van der Waals surface area contributed by atoms with Crippen molar-refractivity contribution >= 4 is 37.8 Å². The van der Waals surface area contributed by atoms with Gasteiger partial charge in [-0.25, -0.2) is 8.42 Å². The molecule has 0 radical (unpaired) electrons. The molecule has 2 aromatic rings. The molecule has 26 heavy (non-hydrogen) atoms. The molecule has 0 amide bonds. The Bertz CT molecular complexity index is 886. The van der Waals surface area contributed by atoms with E-state index in [1.807, 2.05) is 6.92 Å². The van der Waals surface area contributed by atoms with E-state index in [0.29, 0.717) is 17.0 Å². The van der Waals surface area contributed by atoms with Crippen LogP contribution in [0.2, 0.25) is 0 Å². The SMILES string of the molecule is CCC(=O)c1sc(N2CCNCC2)c(C)c1NS(=O)(=O)c1ccccc1. The van der Waals surface area contributed by atoms with Crippen molar-refractivity contribution in [2.45, 2.75) is 25.2 Å². The Hall–Kier alpha value is -1.90. The van der Waals surface area contributed by atoms with Crippen LogP contribution in [-0.4, -0.2) is 40.4 Å². The molecule has 3 rings (SSSR count). The van der Waals surface area contributed by atoms with Crippen LogP contribution in [0.4, 0.5) is 10.7 Å². The molecule has 1 aromatic heterocycles. The van der Waals surface area contributed by atoms with Crippen molar-refractivity contribution in [2.24, 2.45) is 0 Å². The van der Waals surface area contributed by atoms with Gasteiger partial charge in [-0.15, -0.1) is 11.3 Å². The number of anilines is 2. The lowest BCUT2D eigenvalue weighted by atomic mass is 10.2. The van der Waals surface area contributed by atoms with Crippen molar-refractivity contribution in [3.8, 4) is 0 Å². The van der Waals surface area contributed by atoms with E-state index in [9.17, 15) is 13.2 Å². The van der Waals surface area contributed by atoms with Crippen molar-refractivity contribution in [1.29, 1.82) is 0 Å². The van der Waals surface area contributed by atoms with E-state index in [-0.39, 0.29) is 10.7 Å². The maximum Gasteiger partial charge on any atom is 0.261 e. The summed E-state index contributed by atoms with van der Waals surface area (Å²) in [4.78, 5) is 15.3. The number of rotatable bonds is 6. The number of nitrogens with zero attached hydrogens (tertiary/aromatic N) is 1. The highest BCUT2D eigenvalue weighted by Gasteiger charge is 2.27. The van der Waals surface area contributed by atoms with E-state index < -0.39 is 10.0 Å². The van der Waals surface area contributed by atoms with Gasteiger partial charge >= 0.3 is 0 Å². The van der Waals surface area contributed by atoms with Gasteiger partial charge < -0.3 is 10.2 Å². The first-order valence-corrected chi connectivity index (χ1v) is 10.9. The number of benzene rings is 1. The summed E-state index contributed by atoms with van der Waals surface area (Å²) in [5.74, 6) is -0.0507. The van der Waals surface area contributed by atoms with E-state index in [2.05, 4.69) is 14.9 Å². The fourth-order valence-electron chi connectivity index (χ4n) is 2.94. The lowest BCUT2D eigenvalue weighted by Gasteiger charge is -2.28. The number of carbonyl (C=O) groups excluding carboxylic acids is 1. The number of piperazine rings is 1. The summed E-state index contributed by atoms with van der Waals surface area (Å²) >= 11 is 1.38. The fourth-order valence-corrected chi connectivity index (χ4v) is 5.49. The number of thiophene rings is 1. The Kier molecular flexibility index (Phi) is 5.64. The van der Waals surface area contributed by atoms with Gasteiger partial charge in [-0.2, -0.15) is 0 Å². The molecule has 0 unspecified atom stereocenters. The van der Waals surface area contributed by atoms with Crippen LogP contribution < -0.4 is 14.9 Å². The van der Waals surface area contributed by atoms with Crippen molar-refractivity contribution in [3.05, 3.63) is 40.8 Å². The molecule has 0 saturated carbocycles. The molecule has 0 spiro atoms. The predicted molar refractivity (Wildman–Crippen MR) is 106 cm³/mol. The summed E-state index contributed by atoms with van der Waals surface area (Å²) in [6.07, 6.45) is 0.334. The quantitative estimate of drug-likeness (QED) is 0.738. The molecule has 6 nitrogen and oxygen atoms in total. The molecule has 1 aliphatic rings. The molecule has 2 N–H and O–H groups in total. The second kappa shape index (κ2) is 7.77. The average molecular weight is 394 g/mol. The zero-order valence-electron chi connectivity index (χ0n) is 14.9. The highest BCUT2D eigenvalue weighted by atomic mass is 32.2. The molecular formula is C18H23N3O3S2. The first-order valence-electron chi connectivity index (χ1n) is 8.64. The summed E-state index contributed by atoms with van der Waals surface area (Å²) < 4.78 is 28.2. The zero-order chi connectivity index (χ0) is 18.7. The normalized spacial score (nSPS) is 15.1. The average Bonchev–Trinajstić information content (AvgIpc) is 2.98. The molecule has 8 heteroatoms. The zero-order valence-corrected chi connectivity index (χ0v) is 16.5. The van der Waals surface area contributed by atoms with Gasteiger partial charge in [0.1, 0.15) is 0 Å². The van der Waals surface area contributed by atoms with Gasteiger partial charge in [-0.05, 0) is 19.1 Å². The number of ketones is 1. The second-order valence-electron chi connectivity index (χ2n) is 6.17. The first kappa shape index (κ1) is 18.9. The van der Waals surface area contributed by atoms with Crippen LogP contribution in [0.15, 0.2) is 35.2 Å². The lowest BCUT2D eigenvalue weighted by Crippen LogP contribution is -2.43. The Morgan fingerprint density at radius 2 is 1.88 bits per heavy atom. The smallest absolute Gasteiger partial charge is 0.261 e. The Balaban J connectivity index is 2.02. The molecule has 140 valence electrons. The maximum absolute atomic E-state index is 12.8. The largest absolute Gasteiger partial charge is 0.361 e. The van der Waals surface area contributed by atoms with Crippen LogP contribution >= 0.6 is 11.3 Å². The van der Waals surface area contributed by atoms with Crippen LogP contribution in [0.3, 0.4) is 0 Å². The third-order valence-electron chi connectivity index (χ3n) is 4.39. The predicted octanol–water partition coefficient (Wildman–Crippen LogP) is 2.86. The number of carbonyl (C=O) groups is 1. The molecule has 0 atom stereocenters. The Labute approximate surface area is 158 Å². The molecule has 0 aliphatic carbocycles. The Morgan fingerprint density at radius 3 is 2.50 bits per heavy atom. The molecular weight excluding hydrogens is 370 g/mol. The monoisotopic (exact) mass is 393 g/mol. The summed E-state index contributed by atoms with van der Waals surface area (Å²) in [5, 5.41) is 4.27. The second-order valence-corrected chi connectivity index (χ2v) is 8.85. The highest BCUT2D eigenvalue weighted by Crippen LogP contribution is 2.41. The van der Waals surface area contributed by atoms with Crippen molar-refractivity contribution in [2.75, 3.05) is 35.8 Å². The van der Waals surface area contributed by atoms with E-state index in [4.69, 9.17) is 0 Å². The summed E-state index contributed by atoms with van der Waals surface area (Å²) in [6, 6.07) is 8.22. The van der Waals surface area contributed by atoms with E-state index in [1.54, 1.807) is 37.3 Å². The summed E-state index contributed by atoms with van der Waals surface area (Å²) in [7, 11) is -3.74. The third kappa shape index (κ3) is 3.77. The number of Topliss-reactive ketones (excluding diaryl/α,β-unsaturated/α-hetero) is 1. The molecule has 0 bridgehead atoms. The molecule has 2 heterocycles. The lowest BCUT2D eigenvalue weighted by molar-refractivity contribution is 0.0993. The van der Waals surface area contributed by atoms with Gasteiger partial charge in [0.05, 0.1) is 20.5 Å². The maximum atomic E-state index is 12.8. The minimum absolute atomic E-state index is 0.0507. The van der Waals surface area contributed by atoms with Crippen molar-refractivity contribution < 1.29 is 13.2 Å². The van der Waals surface area contributed by atoms with E-state index in [0.717, 1.165) is 36.7 Å². The van der Waals surface area contributed by atoms with E-state index in [1.165, 1.54) is 11.3 Å². The van der Waals surface area contributed by atoms with Crippen LogP contribution in [0.1, 0.15) is 28.6 Å². The number of hydrogen-bond donors (Lipinski definition) is 2.